The fraction of sp³-hybridized carbons (Fsp3) is 0.600. The minimum absolute atomic E-state index is 1.04. The molecule has 0 aliphatic heterocycles. The van der Waals surface area contributed by atoms with Gasteiger partial charge in [-0.2, -0.15) is 0 Å². The lowest BCUT2D eigenvalue weighted by Gasteiger charge is -2.40. The largest absolute Gasteiger partial charge is 0.308 e. The van der Waals surface area contributed by atoms with Crippen molar-refractivity contribution in [3.05, 3.63) is 24.6 Å². The van der Waals surface area contributed by atoms with Gasteiger partial charge >= 0.3 is 0 Å². The molecule has 0 fully saturated rings. The van der Waals surface area contributed by atoms with E-state index in [9.17, 15) is 0 Å². The van der Waals surface area contributed by atoms with Gasteiger partial charge in [0.05, 0.1) is 0 Å². The Balaban J connectivity index is 4.89. The Labute approximate surface area is 83.7 Å². The van der Waals surface area contributed by atoms with E-state index in [4.69, 9.17) is 0 Å². The Morgan fingerprint density at radius 2 is 1.31 bits per heavy atom. The first-order valence-electron chi connectivity index (χ1n) is 4.78. The third kappa shape index (κ3) is 2.30. The highest BCUT2D eigenvalue weighted by molar-refractivity contribution is 6.83. The van der Waals surface area contributed by atoms with Gasteiger partial charge in [-0.3, -0.25) is 0 Å². The lowest BCUT2D eigenvalue weighted by molar-refractivity contribution is 0.433. The first-order valence-corrected chi connectivity index (χ1v) is 6.83. The van der Waals surface area contributed by atoms with E-state index < -0.39 is 8.40 Å². The van der Waals surface area contributed by atoms with Gasteiger partial charge < -0.3 is 9.13 Å². The van der Waals surface area contributed by atoms with Crippen LogP contribution in [0.2, 0.25) is 0 Å². The van der Waals surface area contributed by atoms with Crippen LogP contribution >= 0.6 is 0 Å². The van der Waals surface area contributed by atoms with Gasteiger partial charge in [0, 0.05) is 0 Å². The quantitative estimate of drug-likeness (QED) is 0.600. The summed E-state index contributed by atoms with van der Waals surface area (Å²) in [6, 6.07) is 0. The molecule has 0 aromatic carbocycles. The summed E-state index contributed by atoms with van der Waals surface area (Å²) in [4.78, 5) is 0. The second-order valence-electron chi connectivity index (χ2n) is 3.22. The Hall–Kier alpha value is -0.383. The average molecular weight is 198 g/mol. The Morgan fingerprint density at radius 3 is 1.46 bits per heavy atom. The predicted octanol–water partition coefficient (Wildman–Crippen LogP) is 1.78. The molecule has 0 unspecified atom stereocenters. The molecule has 0 aliphatic rings. The van der Waals surface area contributed by atoms with Gasteiger partial charge in [0.1, 0.15) is 0 Å². The highest BCUT2D eigenvalue weighted by Crippen LogP contribution is 2.14. The minimum Gasteiger partial charge on any atom is -0.308 e. The maximum Gasteiger partial charge on any atom is 0.256 e. The molecular formula is C10H22N2Si. The zero-order chi connectivity index (χ0) is 10.5. The monoisotopic (exact) mass is 198 g/mol. The fourth-order valence-corrected chi connectivity index (χ4v) is 4.51. The van der Waals surface area contributed by atoms with Gasteiger partial charge in [-0.25, -0.2) is 0 Å². The summed E-state index contributed by atoms with van der Waals surface area (Å²) in [5, 5.41) is 0. The number of nitrogens with zero attached hydrogens (tertiary/aromatic N) is 2. The van der Waals surface area contributed by atoms with Crippen LogP contribution in [0.4, 0.5) is 0 Å². The van der Waals surface area contributed by atoms with E-state index in [0.29, 0.717) is 0 Å². The van der Waals surface area contributed by atoms with Crippen LogP contribution in [0.5, 0.6) is 0 Å². The normalized spacial score (nSPS) is 12.2. The van der Waals surface area contributed by atoms with Crippen molar-refractivity contribution in [3.63, 3.8) is 0 Å². The summed E-state index contributed by atoms with van der Waals surface area (Å²) in [5.41, 5.74) is 4.15. The topological polar surface area (TPSA) is 6.48 Å². The molecule has 0 atom stereocenters. The molecule has 0 radical (unpaired) electrons. The van der Waals surface area contributed by atoms with E-state index in [0.717, 1.165) is 13.1 Å². The Morgan fingerprint density at radius 1 is 1.00 bits per heavy atom. The second kappa shape index (κ2) is 5.37. The Kier molecular flexibility index (Phi) is 5.21. The van der Waals surface area contributed by atoms with Crippen LogP contribution in [-0.4, -0.2) is 44.7 Å². The lowest BCUT2D eigenvalue weighted by atomic mass is 10.8. The number of hydrogen-bond donors (Lipinski definition) is 0. The molecule has 3 heteroatoms. The van der Waals surface area contributed by atoms with Gasteiger partial charge in [-0.1, -0.05) is 25.2 Å². The van der Waals surface area contributed by atoms with Crippen molar-refractivity contribution in [3.8, 4) is 0 Å². The van der Waals surface area contributed by atoms with Crippen molar-refractivity contribution in [2.24, 2.45) is 0 Å². The minimum atomic E-state index is -1.76. The zero-order valence-electron chi connectivity index (χ0n) is 9.38. The van der Waals surface area contributed by atoms with Crippen LogP contribution in [0.3, 0.4) is 0 Å². The van der Waals surface area contributed by atoms with Crippen molar-refractivity contribution in [1.29, 1.82) is 0 Å². The summed E-state index contributed by atoms with van der Waals surface area (Å²) in [6.07, 6.45) is 0. The van der Waals surface area contributed by atoms with Gasteiger partial charge in [0.2, 0.25) is 0 Å². The molecule has 0 saturated carbocycles. The number of rotatable bonds is 6. The van der Waals surface area contributed by atoms with Crippen molar-refractivity contribution >= 4 is 8.40 Å². The molecule has 2 nitrogen and oxygen atoms in total. The first-order chi connectivity index (χ1) is 6.08. The summed E-state index contributed by atoms with van der Waals surface area (Å²) in [7, 11) is 2.53. The van der Waals surface area contributed by atoms with Crippen LogP contribution in [0.1, 0.15) is 13.8 Å². The Bertz CT molecular complexity index is 160. The highest BCUT2D eigenvalue weighted by atomic mass is 28.3. The van der Waals surface area contributed by atoms with Crippen LogP contribution in [0.15, 0.2) is 24.6 Å². The second-order valence-corrected chi connectivity index (χ2v) is 7.13. The van der Waals surface area contributed by atoms with Crippen LogP contribution in [-0.2, 0) is 0 Å². The number of hydrogen-bond acceptors (Lipinski definition) is 2. The van der Waals surface area contributed by atoms with E-state index in [1.165, 1.54) is 0 Å². The lowest BCUT2D eigenvalue weighted by Crippen LogP contribution is -2.60. The fourth-order valence-electron chi connectivity index (χ4n) is 1.50. The standard InChI is InChI=1S/C10H22N2Si/c1-7-11(5)13(9-3,10-4)12(6)8-2/h9-10H,3-4,7-8H2,1-2,5-6H3. The van der Waals surface area contributed by atoms with Crippen LogP contribution in [0.25, 0.3) is 0 Å². The molecule has 0 N–H and O–H groups in total. The van der Waals surface area contributed by atoms with Crippen molar-refractivity contribution in [1.82, 2.24) is 9.13 Å². The van der Waals surface area contributed by atoms with E-state index in [1.54, 1.807) is 0 Å². The molecule has 13 heavy (non-hydrogen) atoms. The maximum atomic E-state index is 3.95. The third-order valence-electron chi connectivity index (χ3n) is 2.77. The van der Waals surface area contributed by atoms with Crippen molar-refractivity contribution < 1.29 is 0 Å². The highest BCUT2D eigenvalue weighted by Gasteiger charge is 2.34. The van der Waals surface area contributed by atoms with Crippen LogP contribution in [0, 0.1) is 0 Å². The van der Waals surface area contributed by atoms with Gasteiger partial charge in [-0.15, -0.1) is 13.2 Å². The summed E-state index contributed by atoms with van der Waals surface area (Å²) >= 11 is 0. The smallest absolute Gasteiger partial charge is 0.256 e. The van der Waals surface area contributed by atoms with Gasteiger partial charge in [-0.05, 0) is 27.2 Å². The molecular weight excluding hydrogens is 176 g/mol. The summed E-state index contributed by atoms with van der Waals surface area (Å²) in [6.45, 7) is 14.3. The molecule has 0 amide bonds. The SMILES string of the molecule is C=C[Si](C=C)(N(C)CC)N(C)CC. The van der Waals surface area contributed by atoms with E-state index >= 15 is 0 Å². The van der Waals surface area contributed by atoms with Gasteiger partial charge in [0.25, 0.3) is 8.40 Å². The molecule has 0 aromatic rings. The molecule has 76 valence electrons. The molecule has 0 aromatic heterocycles. The third-order valence-corrected chi connectivity index (χ3v) is 7.05. The first kappa shape index (κ1) is 12.6. The van der Waals surface area contributed by atoms with E-state index in [-0.39, 0.29) is 0 Å². The van der Waals surface area contributed by atoms with E-state index in [2.05, 4.69) is 61.6 Å². The van der Waals surface area contributed by atoms with Crippen molar-refractivity contribution in [2.75, 3.05) is 27.2 Å². The molecule has 0 bridgehead atoms. The molecule has 0 heterocycles. The van der Waals surface area contributed by atoms with Gasteiger partial charge in [0.15, 0.2) is 0 Å². The van der Waals surface area contributed by atoms with Crippen LogP contribution < -0.4 is 0 Å². The molecule has 0 aliphatic carbocycles. The maximum absolute atomic E-state index is 3.95. The predicted molar refractivity (Wildman–Crippen MR) is 62.8 cm³/mol. The molecule has 0 spiro atoms. The summed E-state index contributed by atoms with van der Waals surface area (Å²) < 4.78 is 4.72. The molecule has 0 saturated heterocycles. The van der Waals surface area contributed by atoms with Crippen molar-refractivity contribution in [2.45, 2.75) is 13.8 Å². The van der Waals surface area contributed by atoms with E-state index in [1.807, 2.05) is 0 Å². The zero-order valence-corrected chi connectivity index (χ0v) is 10.4. The average Bonchev–Trinajstić information content (AvgIpc) is 2.19. The molecule has 0 rings (SSSR count). The summed E-state index contributed by atoms with van der Waals surface area (Å²) in [5.74, 6) is 0.